The van der Waals surface area contributed by atoms with Crippen molar-refractivity contribution in [2.45, 2.75) is 45.2 Å². The summed E-state index contributed by atoms with van der Waals surface area (Å²) in [6.07, 6.45) is 5.36. The van der Waals surface area contributed by atoms with Gasteiger partial charge in [0.05, 0.1) is 0 Å². The number of hydrogen-bond donors (Lipinski definition) is 1. The van der Waals surface area contributed by atoms with Crippen molar-refractivity contribution < 1.29 is 9.47 Å². The highest BCUT2D eigenvalue weighted by molar-refractivity contribution is 9.10. The van der Waals surface area contributed by atoms with Gasteiger partial charge in [-0.25, -0.2) is 0 Å². The highest BCUT2D eigenvalue weighted by Crippen LogP contribution is 2.37. The van der Waals surface area contributed by atoms with Crippen molar-refractivity contribution in [3.8, 4) is 11.5 Å². The Balaban J connectivity index is 1.62. The van der Waals surface area contributed by atoms with Gasteiger partial charge >= 0.3 is 0 Å². The third kappa shape index (κ3) is 3.23. The number of rotatable bonds is 6. The predicted molar refractivity (Wildman–Crippen MR) is 78.5 cm³/mol. The lowest BCUT2D eigenvalue weighted by Crippen LogP contribution is -2.28. The van der Waals surface area contributed by atoms with E-state index in [2.05, 4.69) is 34.2 Å². The minimum Gasteiger partial charge on any atom is -0.454 e. The van der Waals surface area contributed by atoms with E-state index >= 15 is 0 Å². The van der Waals surface area contributed by atoms with Gasteiger partial charge in [-0.15, -0.1) is 0 Å². The van der Waals surface area contributed by atoms with Crippen LogP contribution in [0.2, 0.25) is 0 Å². The summed E-state index contributed by atoms with van der Waals surface area (Å²) in [6.45, 7) is 3.47. The van der Waals surface area contributed by atoms with Crippen molar-refractivity contribution in [1.82, 2.24) is 5.32 Å². The summed E-state index contributed by atoms with van der Waals surface area (Å²) in [7, 11) is 0. The third-order valence-corrected chi connectivity index (χ3v) is 4.67. The first-order chi connectivity index (χ1) is 9.26. The van der Waals surface area contributed by atoms with E-state index in [1.54, 1.807) is 0 Å². The van der Waals surface area contributed by atoms with Crippen molar-refractivity contribution in [1.29, 1.82) is 0 Å². The Morgan fingerprint density at radius 2 is 2.05 bits per heavy atom. The molecule has 104 valence electrons. The fourth-order valence-corrected chi connectivity index (χ4v) is 2.96. The van der Waals surface area contributed by atoms with Gasteiger partial charge in [-0.1, -0.05) is 35.7 Å². The van der Waals surface area contributed by atoms with Gasteiger partial charge in [-0.3, -0.25) is 0 Å². The number of halogens is 1. The topological polar surface area (TPSA) is 30.5 Å². The van der Waals surface area contributed by atoms with Crippen LogP contribution in [0.4, 0.5) is 0 Å². The van der Waals surface area contributed by atoms with Gasteiger partial charge in [0.1, 0.15) is 0 Å². The molecule has 19 heavy (non-hydrogen) atoms. The van der Waals surface area contributed by atoms with Crippen LogP contribution in [0, 0.1) is 5.92 Å². The van der Waals surface area contributed by atoms with Crippen molar-refractivity contribution in [3.05, 3.63) is 22.2 Å². The Labute approximate surface area is 122 Å². The van der Waals surface area contributed by atoms with E-state index in [1.807, 2.05) is 6.07 Å². The summed E-state index contributed by atoms with van der Waals surface area (Å²) in [5, 5.41) is 3.66. The van der Waals surface area contributed by atoms with Crippen molar-refractivity contribution >= 4 is 15.9 Å². The van der Waals surface area contributed by atoms with E-state index in [9.17, 15) is 0 Å². The molecule has 1 saturated carbocycles. The van der Waals surface area contributed by atoms with Gasteiger partial charge in [0.2, 0.25) is 6.79 Å². The summed E-state index contributed by atoms with van der Waals surface area (Å²) in [5.74, 6) is 2.66. The predicted octanol–water partition coefficient (Wildman–Crippen LogP) is 3.85. The van der Waals surface area contributed by atoms with E-state index in [0.717, 1.165) is 28.4 Å². The van der Waals surface area contributed by atoms with Crippen LogP contribution in [0.5, 0.6) is 11.5 Å². The molecule has 4 heteroatoms. The maximum absolute atomic E-state index is 5.43. The molecule has 1 unspecified atom stereocenters. The van der Waals surface area contributed by atoms with Crippen molar-refractivity contribution in [2.75, 3.05) is 6.79 Å². The van der Waals surface area contributed by atoms with Crippen LogP contribution in [0.15, 0.2) is 16.6 Å². The molecule has 1 aromatic carbocycles. The number of ether oxygens (including phenoxy) is 2. The molecule has 3 rings (SSSR count). The molecular formula is C15H20BrNO2. The Bertz CT molecular complexity index is 460. The standard InChI is InChI=1S/C15H20BrNO2/c1-2-12(5-10-3-4-10)17-8-11-6-14-15(7-13(11)16)19-9-18-14/h6-7,10,12,17H,2-5,8-9H2,1H3. The molecule has 0 saturated heterocycles. The van der Waals surface area contributed by atoms with Crippen LogP contribution in [-0.4, -0.2) is 12.8 Å². The second-order valence-corrected chi connectivity index (χ2v) is 6.32. The molecular weight excluding hydrogens is 306 g/mol. The summed E-state index contributed by atoms with van der Waals surface area (Å²) in [4.78, 5) is 0. The molecule has 1 aromatic rings. The van der Waals surface area contributed by atoms with Crippen LogP contribution in [0.25, 0.3) is 0 Å². The molecule has 0 bridgehead atoms. The van der Waals surface area contributed by atoms with Crippen LogP contribution in [0.3, 0.4) is 0 Å². The Hall–Kier alpha value is -0.740. The molecule has 1 heterocycles. The van der Waals surface area contributed by atoms with E-state index in [0.29, 0.717) is 12.8 Å². The minimum atomic E-state index is 0.331. The molecule has 3 nitrogen and oxygen atoms in total. The molecule has 2 aliphatic rings. The third-order valence-electron chi connectivity index (χ3n) is 3.93. The summed E-state index contributed by atoms with van der Waals surface area (Å²) in [6, 6.07) is 4.70. The Morgan fingerprint density at radius 3 is 2.74 bits per heavy atom. The quantitative estimate of drug-likeness (QED) is 0.861. The van der Waals surface area contributed by atoms with Crippen LogP contribution >= 0.6 is 15.9 Å². The maximum Gasteiger partial charge on any atom is 0.231 e. The maximum atomic E-state index is 5.43. The van der Waals surface area contributed by atoms with Crippen LogP contribution < -0.4 is 14.8 Å². The molecule has 0 amide bonds. The molecule has 1 aliphatic heterocycles. The lowest BCUT2D eigenvalue weighted by Gasteiger charge is -2.17. The van der Waals surface area contributed by atoms with Gasteiger partial charge in [-0.2, -0.15) is 0 Å². The summed E-state index contributed by atoms with van der Waals surface area (Å²) < 4.78 is 11.9. The number of nitrogens with one attached hydrogen (secondary N) is 1. The number of fused-ring (bicyclic) bond motifs is 1. The van der Waals surface area contributed by atoms with E-state index in [1.165, 1.54) is 31.2 Å². The average molecular weight is 326 g/mol. The van der Waals surface area contributed by atoms with Gasteiger partial charge < -0.3 is 14.8 Å². The normalized spacial score (nSPS) is 18.6. The molecule has 1 fully saturated rings. The SMILES string of the molecule is CCC(CC1CC1)NCc1cc2c(cc1Br)OCO2. The fraction of sp³-hybridized carbons (Fsp3) is 0.600. The van der Waals surface area contributed by atoms with E-state index in [-0.39, 0.29) is 0 Å². The fourth-order valence-electron chi connectivity index (χ4n) is 2.50. The van der Waals surface area contributed by atoms with Gasteiger partial charge in [0, 0.05) is 17.1 Å². The van der Waals surface area contributed by atoms with Gasteiger partial charge in [0.25, 0.3) is 0 Å². The highest BCUT2D eigenvalue weighted by Gasteiger charge is 2.24. The first-order valence-corrected chi connectivity index (χ1v) is 7.87. The molecule has 0 spiro atoms. The zero-order chi connectivity index (χ0) is 13.2. The van der Waals surface area contributed by atoms with Crippen LogP contribution in [0.1, 0.15) is 38.2 Å². The second kappa shape index (κ2) is 5.71. The molecule has 1 aliphatic carbocycles. The zero-order valence-electron chi connectivity index (χ0n) is 11.2. The van der Waals surface area contributed by atoms with Crippen molar-refractivity contribution in [2.24, 2.45) is 5.92 Å². The summed E-state index contributed by atoms with van der Waals surface area (Å²) >= 11 is 3.61. The highest BCUT2D eigenvalue weighted by atomic mass is 79.9. The van der Waals surface area contributed by atoms with E-state index in [4.69, 9.17) is 9.47 Å². The second-order valence-electron chi connectivity index (χ2n) is 5.46. The van der Waals surface area contributed by atoms with Gasteiger partial charge in [0.15, 0.2) is 11.5 Å². The smallest absolute Gasteiger partial charge is 0.231 e. The number of hydrogen-bond acceptors (Lipinski definition) is 3. The van der Waals surface area contributed by atoms with Crippen molar-refractivity contribution in [3.63, 3.8) is 0 Å². The Morgan fingerprint density at radius 1 is 1.32 bits per heavy atom. The Kier molecular flexibility index (Phi) is 3.99. The average Bonchev–Trinajstić information content (AvgIpc) is 3.11. The minimum absolute atomic E-state index is 0.331. The van der Waals surface area contributed by atoms with E-state index < -0.39 is 0 Å². The monoisotopic (exact) mass is 325 g/mol. The first-order valence-electron chi connectivity index (χ1n) is 7.07. The zero-order valence-corrected chi connectivity index (χ0v) is 12.8. The molecule has 1 atom stereocenters. The molecule has 1 N–H and O–H groups in total. The molecule has 0 radical (unpaired) electrons. The largest absolute Gasteiger partial charge is 0.454 e. The van der Waals surface area contributed by atoms with Gasteiger partial charge in [-0.05, 0) is 36.5 Å². The molecule has 0 aromatic heterocycles. The summed E-state index contributed by atoms with van der Waals surface area (Å²) in [5.41, 5.74) is 1.23. The van der Waals surface area contributed by atoms with Crippen LogP contribution in [-0.2, 0) is 6.54 Å². The first kappa shape index (κ1) is 13.3. The number of benzene rings is 1. The lowest BCUT2D eigenvalue weighted by molar-refractivity contribution is 0.174. The lowest BCUT2D eigenvalue weighted by atomic mass is 10.1.